The van der Waals surface area contributed by atoms with Gasteiger partial charge in [-0.05, 0) is 42.2 Å². The lowest BCUT2D eigenvalue weighted by molar-refractivity contribution is -0.141. The molecule has 8 heteroatoms. The number of fused-ring (bicyclic) bond motifs is 1. The quantitative estimate of drug-likeness (QED) is 0.635. The first-order chi connectivity index (χ1) is 15.4. The second-order valence-corrected chi connectivity index (χ2v) is 8.84. The van der Waals surface area contributed by atoms with Gasteiger partial charge in [-0.15, -0.1) is 0 Å². The van der Waals surface area contributed by atoms with Crippen LogP contribution in [0.15, 0.2) is 53.3 Å². The molecular weight excluding hydrogens is 433 g/mol. The maximum Gasteiger partial charge on any atom is 0.256 e. The molecule has 0 saturated heterocycles. The van der Waals surface area contributed by atoms with E-state index in [4.69, 9.17) is 16.6 Å². The number of halogens is 2. The summed E-state index contributed by atoms with van der Waals surface area (Å²) < 4.78 is 13.6. The highest BCUT2D eigenvalue weighted by Gasteiger charge is 2.48. The molecule has 1 atom stereocenters. The van der Waals surface area contributed by atoms with Crippen LogP contribution in [0.3, 0.4) is 0 Å². The van der Waals surface area contributed by atoms with Crippen molar-refractivity contribution in [3.05, 3.63) is 97.9 Å². The summed E-state index contributed by atoms with van der Waals surface area (Å²) in [4.78, 5) is 34.9. The molecule has 1 aliphatic carbocycles. The molecular formula is C24H21ClFN3O3. The van der Waals surface area contributed by atoms with Crippen molar-refractivity contribution < 1.29 is 14.3 Å². The molecule has 1 saturated carbocycles. The van der Waals surface area contributed by atoms with Crippen molar-refractivity contribution in [1.29, 1.82) is 0 Å². The molecule has 2 aromatic carbocycles. The van der Waals surface area contributed by atoms with Crippen LogP contribution in [0.1, 0.15) is 47.2 Å². The van der Waals surface area contributed by atoms with E-state index in [1.54, 1.807) is 0 Å². The molecule has 2 N–H and O–H groups in total. The molecule has 2 heterocycles. The summed E-state index contributed by atoms with van der Waals surface area (Å²) in [6.07, 6.45) is 0.681. The molecule has 6 nitrogen and oxygen atoms in total. The maximum absolute atomic E-state index is 13.6. The predicted molar refractivity (Wildman–Crippen MR) is 117 cm³/mol. The average molecular weight is 454 g/mol. The highest BCUT2D eigenvalue weighted by molar-refractivity contribution is 6.30. The minimum absolute atomic E-state index is 0.0369. The SMILES string of the molecule is O=C(C(O)c1cc(F)cc(Cl)c1)N1CCc2nc(C3(c4ccccc4)CC3)[nH]c(=O)c2C1. The lowest BCUT2D eigenvalue weighted by Crippen LogP contribution is -2.42. The Bertz CT molecular complexity index is 1240. The zero-order valence-corrected chi connectivity index (χ0v) is 17.9. The number of benzene rings is 2. The number of nitrogens with one attached hydrogen (secondary N) is 1. The number of aliphatic hydroxyl groups is 1. The van der Waals surface area contributed by atoms with E-state index in [9.17, 15) is 19.1 Å². The van der Waals surface area contributed by atoms with Crippen LogP contribution < -0.4 is 5.56 Å². The summed E-state index contributed by atoms with van der Waals surface area (Å²) in [5, 5.41) is 10.6. The Hall–Kier alpha value is -3.03. The Morgan fingerprint density at radius 1 is 1.22 bits per heavy atom. The van der Waals surface area contributed by atoms with Gasteiger partial charge in [0.05, 0.1) is 23.2 Å². The van der Waals surface area contributed by atoms with Crippen LogP contribution >= 0.6 is 11.6 Å². The molecule has 1 amide bonds. The van der Waals surface area contributed by atoms with Crippen molar-refractivity contribution >= 4 is 17.5 Å². The Labute approximate surface area is 188 Å². The topological polar surface area (TPSA) is 86.3 Å². The van der Waals surface area contributed by atoms with Gasteiger partial charge in [-0.2, -0.15) is 0 Å². The summed E-state index contributed by atoms with van der Waals surface area (Å²) >= 11 is 5.84. The van der Waals surface area contributed by atoms with E-state index >= 15 is 0 Å². The third-order valence-corrected chi connectivity index (χ3v) is 6.56. The second kappa shape index (κ2) is 7.83. The van der Waals surface area contributed by atoms with E-state index in [0.29, 0.717) is 30.0 Å². The van der Waals surface area contributed by atoms with E-state index in [1.807, 2.05) is 30.3 Å². The molecule has 2 aliphatic rings. The molecule has 1 unspecified atom stereocenters. The molecule has 32 heavy (non-hydrogen) atoms. The van der Waals surface area contributed by atoms with Crippen LogP contribution in [-0.4, -0.2) is 32.4 Å². The number of aromatic amines is 1. The van der Waals surface area contributed by atoms with E-state index in [0.717, 1.165) is 30.5 Å². The molecule has 1 aromatic heterocycles. The number of amides is 1. The van der Waals surface area contributed by atoms with Crippen molar-refractivity contribution in [3.8, 4) is 0 Å². The highest BCUT2D eigenvalue weighted by atomic mass is 35.5. The van der Waals surface area contributed by atoms with Gasteiger partial charge in [-0.3, -0.25) is 9.59 Å². The number of rotatable bonds is 4. The zero-order valence-electron chi connectivity index (χ0n) is 17.1. The van der Waals surface area contributed by atoms with Crippen molar-refractivity contribution in [2.24, 2.45) is 0 Å². The van der Waals surface area contributed by atoms with Crippen molar-refractivity contribution in [2.45, 2.75) is 37.3 Å². The number of carbonyl (C=O) groups is 1. The van der Waals surface area contributed by atoms with Crippen LogP contribution in [0.25, 0.3) is 0 Å². The Balaban J connectivity index is 1.40. The fraction of sp³-hybridized carbons (Fsp3) is 0.292. The second-order valence-electron chi connectivity index (χ2n) is 8.40. The van der Waals surface area contributed by atoms with Gasteiger partial charge in [0.25, 0.3) is 11.5 Å². The first kappa shape index (κ1) is 20.8. The number of hydrogen-bond donors (Lipinski definition) is 2. The van der Waals surface area contributed by atoms with Gasteiger partial charge < -0.3 is 15.0 Å². The molecule has 3 aromatic rings. The van der Waals surface area contributed by atoms with E-state index < -0.39 is 17.8 Å². The van der Waals surface area contributed by atoms with Gasteiger partial charge in [-0.25, -0.2) is 9.37 Å². The lowest BCUT2D eigenvalue weighted by Gasteiger charge is -2.30. The molecule has 0 radical (unpaired) electrons. The summed E-state index contributed by atoms with van der Waals surface area (Å²) in [7, 11) is 0. The highest BCUT2D eigenvalue weighted by Crippen LogP contribution is 2.51. The number of aromatic nitrogens is 2. The number of nitrogens with zero attached hydrogens (tertiary/aromatic N) is 2. The summed E-state index contributed by atoms with van der Waals surface area (Å²) in [6.45, 7) is 0.343. The third kappa shape index (κ3) is 3.61. The average Bonchev–Trinajstić information content (AvgIpc) is 3.60. The van der Waals surface area contributed by atoms with Crippen molar-refractivity contribution in [1.82, 2.24) is 14.9 Å². The van der Waals surface area contributed by atoms with Gasteiger partial charge >= 0.3 is 0 Å². The first-order valence-corrected chi connectivity index (χ1v) is 10.9. The van der Waals surface area contributed by atoms with Crippen LogP contribution in [0.2, 0.25) is 5.02 Å². The van der Waals surface area contributed by atoms with Crippen LogP contribution in [-0.2, 0) is 23.2 Å². The fourth-order valence-corrected chi connectivity index (χ4v) is 4.66. The third-order valence-electron chi connectivity index (χ3n) is 6.34. The largest absolute Gasteiger partial charge is 0.378 e. The lowest BCUT2D eigenvalue weighted by atomic mass is 9.94. The number of carbonyl (C=O) groups excluding carboxylic acids is 1. The summed E-state index contributed by atoms with van der Waals surface area (Å²) in [5.74, 6) is -0.575. The van der Waals surface area contributed by atoms with E-state index in [-0.39, 0.29) is 28.1 Å². The number of hydrogen-bond acceptors (Lipinski definition) is 4. The summed E-state index contributed by atoms with van der Waals surface area (Å²) in [5.41, 5.74) is 1.78. The number of aliphatic hydroxyl groups excluding tert-OH is 1. The van der Waals surface area contributed by atoms with E-state index in [1.165, 1.54) is 11.0 Å². The molecule has 164 valence electrons. The maximum atomic E-state index is 13.6. The Morgan fingerprint density at radius 2 is 1.97 bits per heavy atom. The normalized spacial score (nSPS) is 17.5. The Kier molecular flexibility index (Phi) is 5.10. The van der Waals surface area contributed by atoms with Crippen LogP contribution in [0.4, 0.5) is 4.39 Å². The zero-order chi connectivity index (χ0) is 22.5. The monoisotopic (exact) mass is 453 g/mol. The first-order valence-electron chi connectivity index (χ1n) is 10.5. The van der Waals surface area contributed by atoms with Crippen LogP contribution in [0.5, 0.6) is 0 Å². The minimum Gasteiger partial charge on any atom is -0.378 e. The van der Waals surface area contributed by atoms with Gasteiger partial charge in [0.1, 0.15) is 11.6 Å². The van der Waals surface area contributed by atoms with Crippen molar-refractivity contribution in [2.75, 3.05) is 6.54 Å². The van der Waals surface area contributed by atoms with Gasteiger partial charge in [0, 0.05) is 18.0 Å². The molecule has 5 rings (SSSR count). The number of H-pyrrole nitrogens is 1. The van der Waals surface area contributed by atoms with Gasteiger partial charge in [0.2, 0.25) is 0 Å². The fourth-order valence-electron chi connectivity index (χ4n) is 4.43. The van der Waals surface area contributed by atoms with Crippen LogP contribution in [0, 0.1) is 5.82 Å². The summed E-state index contributed by atoms with van der Waals surface area (Å²) in [6, 6.07) is 13.5. The van der Waals surface area contributed by atoms with Crippen molar-refractivity contribution in [3.63, 3.8) is 0 Å². The van der Waals surface area contributed by atoms with E-state index in [2.05, 4.69) is 4.98 Å². The Morgan fingerprint density at radius 3 is 2.66 bits per heavy atom. The molecule has 1 fully saturated rings. The smallest absolute Gasteiger partial charge is 0.256 e. The minimum atomic E-state index is -1.57. The standard InChI is InChI=1S/C24H21ClFN3O3/c25-16-10-14(11-17(26)12-16)20(30)22(32)29-9-6-19-18(13-29)21(31)28-23(27-19)24(7-8-24)15-4-2-1-3-5-15/h1-5,10-12,20,30H,6-9,13H2,(H,27,28,31). The molecule has 1 aliphatic heterocycles. The van der Waals surface area contributed by atoms with Gasteiger partial charge in [-0.1, -0.05) is 41.9 Å². The predicted octanol–water partition coefficient (Wildman–Crippen LogP) is 3.26. The molecule has 0 spiro atoms. The molecule has 0 bridgehead atoms. The van der Waals surface area contributed by atoms with Gasteiger partial charge in [0.15, 0.2) is 6.10 Å².